The van der Waals surface area contributed by atoms with Gasteiger partial charge in [-0.3, -0.25) is 4.79 Å². The van der Waals surface area contributed by atoms with Crippen molar-refractivity contribution in [1.82, 2.24) is 0 Å². The first-order valence-electron chi connectivity index (χ1n) is 6.95. The Kier molecular flexibility index (Phi) is 4.59. The van der Waals surface area contributed by atoms with Gasteiger partial charge in [-0.05, 0) is 54.7 Å². The standard InChI is InChI=1S/C19H20O2/c1-13-11-19(21-4)15(3)14(2)18(13)10-9-16-5-7-17(12-20)8-6-16/h5-12H,1-4H3. The van der Waals surface area contributed by atoms with Crippen molar-refractivity contribution in [3.63, 3.8) is 0 Å². The third-order valence-electron chi connectivity index (χ3n) is 3.84. The highest BCUT2D eigenvalue weighted by Crippen LogP contribution is 2.28. The van der Waals surface area contributed by atoms with E-state index >= 15 is 0 Å². The summed E-state index contributed by atoms with van der Waals surface area (Å²) in [6.07, 6.45) is 5.04. The van der Waals surface area contributed by atoms with Gasteiger partial charge >= 0.3 is 0 Å². The van der Waals surface area contributed by atoms with E-state index in [1.165, 1.54) is 22.3 Å². The number of rotatable bonds is 4. The van der Waals surface area contributed by atoms with Crippen LogP contribution < -0.4 is 4.74 Å². The lowest BCUT2D eigenvalue weighted by molar-refractivity contribution is 0.112. The molecule has 0 aliphatic rings. The van der Waals surface area contributed by atoms with Crippen molar-refractivity contribution in [2.45, 2.75) is 20.8 Å². The number of ether oxygens (including phenoxy) is 1. The van der Waals surface area contributed by atoms with E-state index in [1.807, 2.05) is 24.3 Å². The van der Waals surface area contributed by atoms with Crippen LogP contribution in [0.25, 0.3) is 12.2 Å². The Bertz CT molecular complexity index is 680. The van der Waals surface area contributed by atoms with E-state index in [9.17, 15) is 4.79 Å². The number of aryl methyl sites for hydroxylation is 1. The zero-order valence-corrected chi connectivity index (χ0v) is 12.9. The first kappa shape index (κ1) is 15.0. The van der Waals surface area contributed by atoms with Gasteiger partial charge in [0.15, 0.2) is 0 Å². The Labute approximate surface area is 126 Å². The molecule has 0 atom stereocenters. The van der Waals surface area contributed by atoms with E-state index in [0.717, 1.165) is 17.6 Å². The second-order valence-electron chi connectivity index (χ2n) is 5.18. The molecule has 0 heterocycles. The first-order valence-corrected chi connectivity index (χ1v) is 6.95. The van der Waals surface area contributed by atoms with Gasteiger partial charge in [-0.25, -0.2) is 0 Å². The van der Waals surface area contributed by atoms with Crippen LogP contribution in [0.2, 0.25) is 0 Å². The van der Waals surface area contributed by atoms with E-state index < -0.39 is 0 Å². The fourth-order valence-electron chi connectivity index (χ4n) is 2.40. The van der Waals surface area contributed by atoms with Crippen LogP contribution >= 0.6 is 0 Å². The summed E-state index contributed by atoms with van der Waals surface area (Å²) in [5, 5.41) is 0. The fraction of sp³-hybridized carbons (Fsp3) is 0.211. The van der Waals surface area contributed by atoms with Gasteiger partial charge in [-0.15, -0.1) is 0 Å². The van der Waals surface area contributed by atoms with Crippen molar-refractivity contribution in [3.8, 4) is 5.75 Å². The molecule has 108 valence electrons. The Morgan fingerprint density at radius 1 is 0.905 bits per heavy atom. The summed E-state index contributed by atoms with van der Waals surface area (Å²) in [5.41, 5.74) is 6.57. The summed E-state index contributed by atoms with van der Waals surface area (Å²) in [5.74, 6) is 0.928. The molecule has 0 radical (unpaired) electrons. The van der Waals surface area contributed by atoms with E-state index in [4.69, 9.17) is 4.74 Å². The Hall–Kier alpha value is -2.35. The van der Waals surface area contributed by atoms with Crippen LogP contribution in [0.5, 0.6) is 5.75 Å². The maximum absolute atomic E-state index is 10.7. The van der Waals surface area contributed by atoms with Crippen molar-refractivity contribution >= 4 is 18.4 Å². The van der Waals surface area contributed by atoms with Gasteiger partial charge in [0, 0.05) is 5.56 Å². The Morgan fingerprint density at radius 2 is 1.52 bits per heavy atom. The van der Waals surface area contributed by atoms with Crippen LogP contribution in [0.1, 0.15) is 38.2 Å². The van der Waals surface area contributed by atoms with Crippen molar-refractivity contribution < 1.29 is 9.53 Å². The minimum absolute atomic E-state index is 0.694. The molecule has 0 unspecified atom stereocenters. The lowest BCUT2D eigenvalue weighted by Crippen LogP contribution is -1.95. The zero-order valence-electron chi connectivity index (χ0n) is 12.9. The van der Waals surface area contributed by atoms with Crippen LogP contribution in [-0.2, 0) is 0 Å². The van der Waals surface area contributed by atoms with Crippen LogP contribution in [-0.4, -0.2) is 13.4 Å². The molecule has 0 aliphatic heterocycles. The third-order valence-corrected chi connectivity index (χ3v) is 3.84. The van der Waals surface area contributed by atoms with Crippen molar-refractivity contribution in [3.05, 3.63) is 63.7 Å². The number of hydrogen-bond donors (Lipinski definition) is 0. The van der Waals surface area contributed by atoms with E-state index in [0.29, 0.717) is 5.56 Å². The van der Waals surface area contributed by atoms with E-state index in [2.05, 4.69) is 39.0 Å². The molecular weight excluding hydrogens is 260 g/mol. The normalized spacial score (nSPS) is 10.9. The maximum Gasteiger partial charge on any atom is 0.150 e. The molecule has 2 aromatic rings. The molecule has 0 N–H and O–H groups in total. The molecule has 2 heteroatoms. The number of hydrogen-bond acceptors (Lipinski definition) is 2. The van der Waals surface area contributed by atoms with Crippen molar-refractivity contribution in [1.29, 1.82) is 0 Å². The molecular formula is C19H20O2. The molecule has 0 saturated carbocycles. The predicted molar refractivity (Wildman–Crippen MR) is 88.0 cm³/mol. The number of aldehydes is 1. The van der Waals surface area contributed by atoms with E-state index in [1.54, 1.807) is 7.11 Å². The summed E-state index contributed by atoms with van der Waals surface area (Å²) in [4.78, 5) is 10.7. The summed E-state index contributed by atoms with van der Waals surface area (Å²) in [7, 11) is 1.70. The number of carbonyl (C=O) groups excluding carboxylic acids is 1. The lowest BCUT2D eigenvalue weighted by atomic mass is 9.96. The summed E-state index contributed by atoms with van der Waals surface area (Å²) in [6.45, 7) is 6.27. The second kappa shape index (κ2) is 6.40. The molecule has 0 fully saturated rings. The predicted octanol–water partition coefficient (Wildman–Crippen LogP) is 4.60. The highest BCUT2D eigenvalue weighted by molar-refractivity contribution is 5.78. The lowest BCUT2D eigenvalue weighted by Gasteiger charge is -2.13. The van der Waals surface area contributed by atoms with Crippen molar-refractivity contribution in [2.75, 3.05) is 7.11 Å². The number of benzene rings is 2. The molecule has 2 nitrogen and oxygen atoms in total. The van der Waals surface area contributed by atoms with E-state index in [-0.39, 0.29) is 0 Å². The smallest absolute Gasteiger partial charge is 0.150 e. The molecule has 0 amide bonds. The number of carbonyl (C=O) groups is 1. The Balaban J connectivity index is 2.36. The minimum atomic E-state index is 0.694. The average Bonchev–Trinajstić information content (AvgIpc) is 2.51. The summed E-state index contributed by atoms with van der Waals surface area (Å²) in [6, 6.07) is 9.61. The van der Waals surface area contributed by atoms with Crippen LogP contribution in [0, 0.1) is 20.8 Å². The molecule has 0 bridgehead atoms. The zero-order chi connectivity index (χ0) is 15.4. The molecule has 0 spiro atoms. The van der Waals surface area contributed by atoms with Gasteiger partial charge in [0.25, 0.3) is 0 Å². The fourth-order valence-corrected chi connectivity index (χ4v) is 2.40. The molecule has 0 aromatic heterocycles. The largest absolute Gasteiger partial charge is 0.496 e. The van der Waals surface area contributed by atoms with Gasteiger partial charge in [0.05, 0.1) is 7.11 Å². The van der Waals surface area contributed by atoms with Crippen LogP contribution in [0.15, 0.2) is 30.3 Å². The second-order valence-corrected chi connectivity index (χ2v) is 5.18. The SMILES string of the molecule is COc1cc(C)c(C=Cc2ccc(C=O)cc2)c(C)c1C. The van der Waals surface area contributed by atoms with Gasteiger partial charge in [-0.1, -0.05) is 36.4 Å². The van der Waals surface area contributed by atoms with Gasteiger partial charge in [0.1, 0.15) is 12.0 Å². The maximum atomic E-state index is 10.7. The molecule has 2 rings (SSSR count). The van der Waals surface area contributed by atoms with Crippen LogP contribution in [0.4, 0.5) is 0 Å². The first-order chi connectivity index (χ1) is 10.1. The molecule has 2 aromatic carbocycles. The topological polar surface area (TPSA) is 26.3 Å². The summed E-state index contributed by atoms with van der Waals surface area (Å²) < 4.78 is 5.39. The summed E-state index contributed by atoms with van der Waals surface area (Å²) >= 11 is 0. The molecule has 0 saturated heterocycles. The van der Waals surface area contributed by atoms with Crippen LogP contribution in [0.3, 0.4) is 0 Å². The average molecular weight is 280 g/mol. The Morgan fingerprint density at radius 3 is 2.10 bits per heavy atom. The minimum Gasteiger partial charge on any atom is -0.496 e. The highest BCUT2D eigenvalue weighted by Gasteiger charge is 2.08. The quantitative estimate of drug-likeness (QED) is 0.604. The number of methoxy groups -OCH3 is 1. The third kappa shape index (κ3) is 3.22. The highest BCUT2D eigenvalue weighted by atomic mass is 16.5. The van der Waals surface area contributed by atoms with Gasteiger partial charge in [-0.2, -0.15) is 0 Å². The van der Waals surface area contributed by atoms with Gasteiger partial charge in [0.2, 0.25) is 0 Å². The monoisotopic (exact) mass is 280 g/mol. The molecule has 0 aliphatic carbocycles. The molecule has 21 heavy (non-hydrogen) atoms. The van der Waals surface area contributed by atoms with Crippen molar-refractivity contribution in [2.24, 2.45) is 0 Å². The van der Waals surface area contributed by atoms with Gasteiger partial charge < -0.3 is 4.74 Å².